The maximum absolute atomic E-state index is 12.2. The molecule has 0 aliphatic heterocycles. The number of nitrogens with zero attached hydrogens (tertiary/aromatic N) is 2. The average Bonchev–Trinajstić information content (AvgIpc) is 2.85. The summed E-state index contributed by atoms with van der Waals surface area (Å²) in [7, 11) is 0. The Morgan fingerprint density at radius 3 is 2.57 bits per heavy atom. The molecule has 3 aromatic rings. The summed E-state index contributed by atoms with van der Waals surface area (Å²) < 4.78 is 1.76. The van der Waals surface area contributed by atoms with Gasteiger partial charge in [-0.05, 0) is 24.3 Å². The van der Waals surface area contributed by atoms with E-state index in [0.717, 1.165) is 0 Å². The highest BCUT2D eigenvalue weighted by atomic mass is 35.5. The fourth-order valence-corrected chi connectivity index (χ4v) is 2.84. The van der Waals surface area contributed by atoms with Crippen LogP contribution < -0.4 is 5.32 Å². The number of aromatic nitrogens is 2. The van der Waals surface area contributed by atoms with Gasteiger partial charge in [0.2, 0.25) is 5.91 Å². The number of pyridine rings is 1. The molecule has 1 amide bonds. The molecule has 0 saturated heterocycles. The Bertz CT molecular complexity index is 907. The standard InChI is InChI=1S/C15H9Cl4N3O/c16-8-1-2-14-20-9(7-22(14)6-8)3-15(23)21-13-5-11(18)10(17)4-12(13)19/h1-2,4-7H,3H2,(H,21,23). The number of halogens is 4. The Labute approximate surface area is 151 Å². The first-order valence-corrected chi connectivity index (χ1v) is 8.01. The van der Waals surface area contributed by atoms with Crippen molar-refractivity contribution in [2.45, 2.75) is 6.42 Å². The molecule has 0 radical (unpaired) electrons. The summed E-state index contributed by atoms with van der Waals surface area (Å²) >= 11 is 23.7. The second-order valence-corrected chi connectivity index (χ2v) is 6.47. The summed E-state index contributed by atoms with van der Waals surface area (Å²) in [6.07, 6.45) is 3.56. The molecule has 23 heavy (non-hydrogen) atoms. The van der Waals surface area contributed by atoms with Gasteiger partial charge in [-0.15, -0.1) is 0 Å². The largest absolute Gasteiger partial charge is 0.324 e. The Morgan fingerprint density at radius 1 is 1.04 bits per heavy atom. The smallest absolute Gasteiger partial charge is 0.230 e. The zero-order valence-electron chi connectivity index (χ0n) is 11.5. The molecule has 118 valence electrons. The first kappa shape index (κ1) is 16.4. The molecule has 0 aliphatic carbocycles. The van der Waals surface area contributed by atoms with E-state index in [1.807, 2.05) is 0 Å². The highest BCUT2D eigenvalue weighted by Gasteiger charge is 2.12. The maximum Gasteiger partial charge on any atom is 0.230 e. The molecule has 0 aliphatic rings. The van der Waals surface area contributed by atoms with Crippen molar-refractivity contribution in [3.05, 3.63) is 62.4 Å². The fraction of sp³-hybridized carbons (Fsp3) is 0.0667. The number of hydrogen-bond acceptors (Lipinski definition) is 2. The summed E-state index contributed by atoms with van der Waals surface area (Å²) in [4.78, 5) is 16.5. The highest BCUT2D eigenvalue weighted by molar-refractivity contribution is 6.44. The van der Waals surface area contributed by atoms with E-state index in [1.165, 1.54) is 12.1 Å². The number of fused-ring (bicyclic) bond motifs is 1. The average molecular weight is 389 g/mol. The lowest BCUT2D eigenvalue weighted by molar-refractivity contribution is -0.115. The van der Waals surface area contributed by atoms with Crippen molar-refractivity contribution in [2.75, 3.05) is 5.32 Å². The predicted octanol–water partition coefficient (Wildman–Crippen LogP) is 5.13. The molecule has 1 N–H and O–H groups in total. The highest BCUT2D eigenvalue weighted by Crippen LogP contribution is 2.32. The SMILES string of the molecule is O=C(Cc1cn2cc(Cl)ccc2n1)Nc1cc(Cl)c(Cl)cc1Cl. The molecule has 0 unspecified atom stereocenters. The van der Waals surface area contributed by atoms with E-state index in [-0.39, 0.29) is 12.3 Å². The van der Waals surface area contributed by atoms with Crippen LogP contribution in [0.4, 0.5) is 5.69 Å². The summed E-state index contributed by atoms with van der Waals surface area (Å²) in [6, 6.07) is 6.50. The van der Waals surface area contributed by atoms with E-state index in [9.17, 15) is 4.79 Å². The number of anilines is 1. The van der Waals surface area contributed by atoms with Crippen molar-refractivity contribution in [1.29, 1.82) is 0 Å². The Kier molecular flexibility index (Phi) is 4.69. The Hall–Kier alpha value is -1.46. The number of carbonyl (C=O) groups is 1. The summed E-state index contributed by atoms with van der Waals surface area (Å²) in [5.41, 5.74) is 1.73. The second kappa shape index (κ2) is 6.57. The monoisotopic (exact) mass is 387 g/mol. The van der Waals surface area contributed by atoms with Gasteiger partial charge in [0.1, 0.15) is 5.65 Å². The molecule has 0 spiro atoms. The van der Waals surface area contributed by atoms with Crippen LogP contribution >= 0.6 is 46.4 Å². The predicted molar refractivity (Wildman–Crippen MR) is 94.0 cm³/mol. The van der Waals surface area contributed by atoms with E-state index in [0.29, 0.717) is 37.1 Å². The first-order chi connectivity index (χ1) is 10.9. The molecule has 0 atom stereocenters. The third-order valence-electron chi connectivity index (χ3n) is 3.09. The second-order valence-electron chi connectivity index (χ2n) is 4.82. The molecule has 2 heterocycles. The lowest BCUT2D eigenvalue weighted by Gasteiger charge is -2.08. The lowest BCUT2D eigenvalue weighted by atomic mass is 10.2. The van der Waals surface area contributed by atoms with Gasteiger partial charge < -0.3 is 9.72 Å². The minimum absolute atomic E-state index is 0.0931. The number of nitrogens with one attached hydrogen (secondary N) is 1. The molecule has 0 bridgehead atoms. The van der Waals surface area contributed by atoms with Gasteiger partial charge in [0, 0.05) is 12.4 Å². The molecular formula is C15H9Cl4N3O. The van der Waals surface area contributed by atoms with Crippen molar-refractivity contribution in [3.63, 3.8) is 0 Å². The number of hydrogen-bond donors (Lipinski definition) is 1. The Balaban J connectivity index is 1.77. The van der Waals surface area contributed by atoms with Crippen molar-refractivity contribution in [3.8, 4) is 0 Å². The summed E-state index contributed by atoms with van der Waals surface area (Å²) in [5, 5.41) is 4.24. The normalized spacial score (nSPS) is 11.0. The molecule has 2 aromatic heterocycles. The zero-order valence-corrected chi connectivity index (χ0v) is 14.5. The number of rotatable bonds is 3. The van der Waals surface area contributed by atoms with E-state index in [2.05, 4.69) is 10.3 Å². The van der Waals surface area contributed by atoms with Crippen LogP contribution in [-0.4, -0.2) is 15.3 Å². The molecular weight excluding hydrogens is 380 g/mol. The number of carbonyl (C=O) groups excluding carboxylic acids is 1. The van der Waals surface area contributed by atoms with E-state index in [4.69, 9.17) is 46.4 Å². The quantitative estimate of drug-likeness (QED) is 0.632. The molecule has 0 fully saturated rings. The fourth-order valence-electron chi connectivity index (χ4n) is 2.08. The van der Waals surface area contributed by atoms with E-state index < -0.39 is 0 Å². The minimum atomic E-state index is -0.264. The molecule has 1 aromatic carbocycles. The third-order valence-corrected chi connectivity index (χ3v) is 4.35. The topological polar surface area (TPSA) is 46.4 Å². The Morgan fingerprint density at radius 2 is 1.78 bits per heavy atom. The third kappa shape index (κ3) is 3.72. The van der Waals surface area contributed by atoms with Gasteiger partial charge in [-0.2, -0.15) is 0 Å². The van der Waals surface area contributed by atoms with Crippen LogP contribution in [0.1, 0.15) is 5.69 Å². The van der Waals surface area contributed by atoms with Crippen LogP contribution in [0.2, 0.25) is 20.1 Å². The van der Waals surface area contributed by atoms with Crippen LogP contribution in [0.15, 0.2) is 36.7 Å². The van der Waals surface area contributed by atoms with Crippen LogP contribution in [0.25, 0.3) is 5.65 Å². The number of amides is 1. The van der Waals surface area contributed by atoms with Crippen LogP contribution in [-0.2, 0) is 11.2 Å². The number of imidazole rings is 1. The minimum Gasteiger partial charge on any atom is -0.324 e. The molecule has 8 heteroatoms. The van der Waals surface area contributed by atoms with Crippen LogP contribution in [0, 0.1) is 0 Å². The van der Waals surface area contributed by atoms with Crippen LogP contribution in [0.3, 0.4) is 0 Å². The molecule has 3 rings (SSSR count). The molecule has 0 saturated carbocycles. The molecule has 4 nitrogen and oxygen atoms in total. The summed E-state index contributed by atoms with van der Waals surface area (Å²) in [6.45, 7) is 0. The van der Waals surface area contributed by atoms with Crippen molar-refractivity contribution in [1.82, 2.24) is 9.38 Å². The van der Waals surface area contributed by atoms with Gasteiger partial charge in [0.05, 0.1) is 37.9 Å². The zero-order chi connectivity index (χ0) is 16.6. The van der Waals surface area contributed by atoms with E-state index >= 15 is 0 Å². The van der Waals surface area contributed by atoms with Gasteiger partial charge in [-0.1, -0.05) is 46.4 Å². The van der Waals surface area contributed by atoms with Crippen LogP contribution in [0.5, 0.6) is 0 Å². The summed E-state index contributed by atoms with van der Waals surface area (Å²) in [5.74, 6) is -0.264. The maximum atomic E-state index is 12.2. The first-order valence-electron chi connectivity index (χ1n) is 6.50. The van der Waals surface area contributed by atoms with Gasteiger partial charge in [-0.3, -0.25) is 4.79 Å². The van der Waals surface area contributed by atoms with Gasteiger partial charge in [-0.25, -0.2) is 4.98 Å². The van der Waals surface area contributed by atoms with Crippen molar-refractivity contribution >= 4 is 63.6 Å². The van der Waals surface area contributed by atoms with Crippen molar-refractivity contribution < 1.29 is 4.79 Å². The number of benzene rings is 1. The van der Waals surface area contributed by atoms with Gasteiger partial charge >= 0.3 is 0 Å². The van der Waals surface area contributed by atoms with Gasteiger partial charge in [0.15, 0.2) is 0 Å². The lowest BCUT2D eigenvalue weighted by Crippen LogP contribution is -2.15. The van der Waals surface area contributed by atoms with Gasteiger partial charge in [0.25, 0.3) is 0 Å². The van der Waals surface area contributed by atoms with Crippen molar-refractivity contribution in [2.24, 2.45) is 0 Å². The van der Waals surface area contributed by atoms with E-state index in [1.54, 1.807) is 28.9 Å².